The predicted molar refractivity (Wildman–Crippen MR) is 108 cm³/mol. The van der Waals surface area contributed by atoms with Crippen molar-refractivity contribution >= 4 is 11.2 Å². The molecule has 8 nitrogen and oxygen atoms in total. The van der Waals surface area contributed by atoms with E-state index in [-0.39, 0.29) is 0 Å². The molecule has 1 unspecified atom stereocenters. The molecule has 0 spiro atoms. The van der Waals surface area contributed by atoms with Crippen LogP contribution in [0.1, 0.15) is 12.5 Å². The fraction of sp³-hybridized carbons (Fsp3) is 0.238. The van der Waals surface area contributed by atoms with E-state index in [1.807, 2.05) is 34.9 Å². The Kier molecular flexibility index (Phi) is 5.09. The van der Waals surface area contributed by atoms with Gasteiger partial charge in [-0.1, -0.05) is 12.1 Å². The van der Waals surface area contributed by atoms with E-state index in [0.717, 1.165) is 28.0 Å². The van der Waals surface area contributed by atoms with Gasteiger partial charge in [-0.3, -0.25) is 4.57 Å². The van der Waals surface area contributed by atoms with Crippen LogP contribution < -0.4 is 9.47 Å². The van der Waals surface area contributed by atoms with Crippen molar-refractivity contribution in [3.8, 4) is 28.7 Å². The summed E-state index contributed by atoms with van der Waals surface area (Å²) in [7, 11) is 3.09. The van der Waals surface area contributed by atoms with E-state index >= 15 is 0 Å². The molecule has 0 saturated carbocycles. The van der Waals surface area contributed by atoms with Gasteiger partial charge in [-0.2, -0.15) is 4.98 Å². The second-order valence-electron chi connectivity index (χ2n) is 6.67. The van der Waals surface area contributed by atoms with Gasteiger partial charge in [-0.05, 0) is 37.1 Å². The van der Waals surface area contributed by atoms with E-state index in [4.69, 9.17) is 9.47 Å². The van der Waals surface area contributed by atoms with Crippen LogP contribution in [-0.2, 0) is 6.42 Å². The molecular formula is C21H21N5O3. The van der Waals surface area contributed by atoms with Gasteiger partial charge in [0.25, 0.3) is 0 Å². The summed E-state index contributed by atoms with van der Waals surface area (Å²) in [6.45, 7) is 1.75. The Morgan fingerprint density at radius 2 is 1.93 bits per heavy atom. The monoisotopic (exact) mass is 391 g/mol. The fourth-order valence-electron chi connectivity index (χ4n) is 3.18. The Balaban J connectivity index is 1.75. The maximum absolute atomic E-state index is 9.59. The van der Waals surface area contributed by atoms with Crippen LogP contribution in [-0.4, -0.2) is 49.9 Å². The molecule has 8 heteroatoms. The molecule has 1 N–H and O–H groups in total. The fourth-order valence-corrected chi connectivity index (χ4v) is 3.18. The summed E-state index contributed by atoms with van der Waals surface area (Å²) in [5.74, 6) is 0.775. The molecule has 1 aromatic carbocycles. The van der Waals surface area contributed by atoms with E-state index < -0.39 is 6.10 Å². The van der Waals surface area contributed by atoms with E-state index in [1.165, 1.54) is 7.11 Å². The molecule has 0 fully saturated rings. The van der Waals surface area contributed by atoms with Gasteiger partial charge < -0.3 is 14.6 Å². The highest BCUT2D eigenvalue weighted by Gasteiger charge is 2.13. The van der Waals surface area contributed by atoms with Crippen LogP contribution in [0.2, 0.25) is 0 Å². The van der Waals surface area contributed by atoms with Gasteiger partial charge in [0.2, 0.25) is 11.8 Å². The topological polar surface area (TPSA) is 95.2 Å². The highest BCUT2D eigenvalue weighted by Crippen LogP contribution is 2.29. The van der Waals surface area contributed by atoms with Crippen molar-refractivity contribution in [2.75, 3.05) is 14.2 Å². The number of ether oxygens (including phenoxy) is 2. The zero-order valence-corrected chi connectivity index (χ0v) is 16.4. The first-order valence-corrected chi connectivity index (χ1v) is 9.15. The molecule has 3 aromatic heterocycles. The average molecular weight is 391 g/mol. The van der Waals surface area contributed by atoms with Crippen molar-refractivity contribution in [1.29, 1.82) is 0 Å². The largest absolute Gasteiger partial charge is 0.480 e. The van der Waals surface area contributed by atoms with Crippen LogP contribution >= 0.6 is 0 Å². The van der Waals surface area contributed by atoms with Crippen molar-refractivity contribution in [3.63, 3.8) is 0 Å². The predicted octanol–water partition coefficient (Wildman–Crippen LogP) is 2.82. The highest BCUT2D eigenvalue weighted by atomic mass is 16.5. The Morgan fingerprint density at radius 3 is 2.69 bits per heavy atom. The lowest BCUT2D eigenvalue weighted by Gasteiger charge is -2.10. The van der Waals surface area contributed by atoms with Gasteiger partial charge in [0.15, 0.2) is 5.65 Å². The molecule has 4 rings (SSSR count). The summed E-state index contributed by atoms with van der Waals surface area (Å²) in [4.78, 5) is 17.8. The number of aromatic nitrogens is 5. The van der Waals surface area contributed by atoms with Gasteiger partial charge in [0, 0.05) is 17.4 Å². The zero-order chi connectivity index (χ0) is 20.4. The lowest BCUT2D eigenvalue weighted by molar-refractivity contribution is 0.195. The Morgan fingerprint density at radius 1 is 1.07 bits per heavy atom. The lowest BCUT2D eigenvalue weighted by Crippen LogP contribution is -2.04. The van der Waals surface area contributed by atoms with Crippen LogP contribution in [0, 0.1) is 0 Å². The molecule has 4 aromatic rings. The third-order valence-corrected chi connectivity index (χ3v) is 4.49. The number of imidazole rings is 1. The van der Waals surface area contributed by atoms with Crippen LogP contribution in [0.5, 0.6) is 11.8 Å². The number of fused-ring (bicyclic) bond motifs is 1. The van der Waals surface area contributed by atoms with Crippen molar-refractivity contribution in [2.24, 2.45) is 0 Å². The zero-order valence-electron chi connectivity index (χ0n) is 16.4. The normalized spacial score (nSPS) is 12.1. The number of hydrogen-bond acceptors (Lipinski definition) is 7. The molecule has 0 saturated heterocycles. The molecule has 0 aliphatic rings. The van der Waals surface area contributed by atoms with Crippen molar-refractivity contribution in [3.05, 3.63) is 54.6 Å². The van der Waals surface area contributed by atoms with E-state index in [1.54, 1.807) is 32.8 Å². The highest BCUT2D eigenvalue weighted by molar-refractivity contribution is 5.75. The first-order valence-electron chi connectivity index (χ1n) is 9.15. The van der Waals surface area contributed by atoms with Crippen molar-refractivity contribution in [2.45, 2.75) is 19.4 Å². The summed E-state index contributed by atoms with van der Waals surface area (Å²) in [6.07, 6.45) is 5.19. The third-order valence-electron chi connectivity index (χ3n) is 4.49. The summed E-state index contributed by atoms with van der Waals surface area (Å²) < 4.78 is 12.4. The standard InChI is InChI=1S/C21H21N5O3/c1-13(27)7-14-8-17-20(23-10-14)26(12-24-17)16-6-4-5-15(9-16)19-21(29-3)25-18(28-2)11-22-19/h4-6,8-13,27H,7H2,1-3H3. The number of nitrogens with zero attached hydrogens (tertiary/aromatic N) is 5. The molecule has 1 atom stereocenters. The molecular weight excluding hydrogens is 370 g/mol. The maximum atomic E-state index is 9.59. The molecule has 148 valence electrons. The molecule has 29 heavy (non-hydrogen) atoms. The first-order chi connectivity index (χ1) is 14.1. The molecule has 0 aliphatic carbocycles. The van der Waals surface area contributed by atoms with E-state index in [9.17, 15) is 5.11 Å². The van der Waals surface area contributed by atoms with Crippen molar-refractivity contribution < 1.29 is 14.6 Å². The van der Waals surface area contributed by atoms with Gasteiger partial charge in [-0.25, -0.2) is 15.0 Å². The molecule has 0 bridgehead atoms. The molecule has 0 amide bonds. The van der Waals surface area contributed by atoms with Gasteiger partial charge in [0.1, 0.15) is 17.5 Å². The SMILES string of the molecule is COc1cnc(-c2cccc(-n3cnc4cc(CC(C)O)cnc43)c2)c(OC)n1. The number of pyridine rings is 1. The van der Waals surface area contributed by atoms with Crippen LogP contribution in [0.25, 0.3) is 28.1 Å². The number of aliphatic hydroxyl groups is 1. The number of benzene rings is 1. The molecule has 0 radical (unpaired) electrons. The quantitative estimate of drug-likeness (QED) is 0.540. The smallest absolute Gasteiger partial charge is 0.243 e. The van der Waals surface area contributed by atoms with E-state index in [2.05, 4.69) is 19.9 Å². The summed E-state index contributed by atoms with van der Waals surface area (Å²) in [6, 6.07) is 9.78. The first kappa shape index (κ1) is 18.8. The summed E-state index contributed by atoms with van der Waals surface area (Å²) in [5, 5.41) is 9.59. The summed E-state index contributed by atoms with van der Waals surface area (Å²) >= 11 is 0. The average Bonchev–Trinajstić information content (AvgIpc) is 3.16. The molecule has 0 aliphatic heterocycles. The number of methoxy groups -OCH3 is 2. The summed E-state index contributed by atoms with van der Waals surface area (Å²) in [5.41, 5.74) is 4.82. The minimum absolute atomic E-state index is 0.387. The third kappa shape index (κ3) is 3.74. The van der Waals surface area contributed by atoms with Crippen LogP contribution in [0.3, 0.4) is 0 Å². The van der Waals surface area contributed by atoms with Crippen molar-refractivity contribution in [1.82, 2.24) is 24.5 Å². The number of hydrogen-bond donors (Lipinski definition) is 1. The minimum Gasteiger partial charge on any atom is -0.480 e. The number of rotatable bonds is 6. The maximum Gasteiger partial charge on any atom is 0.243 e. The van der Waals surface area contributed by atoms with Gasteiger partial charge in [-0.15, -0.1) is 0 Å². The van der Waals surface area contributed by atoms with Crippen LogP contribution in [0.4, 0.5) is 0 Å². The Hall–Kier alpha value is -3.52. The van der Waals surface area contributed by atoms with Gasteiger partial charge in [0.05, 0.1) is 26.5 Å². The lowest BCUT2D eigenvalue weighted by atomic mass is 10.1. The van der Waals surface area contributed by atoms with Gasteiger partial charge >= 0.3 is 0 Å². The second kappa shape index (κ2) is 7.84. The second-order valence-corrected chi connectivity index (χ2v) is 6.67. The van der Waals surface area contributed by atoms with E-state index in [0.29, 0.717) is 23.9 Å². The minimum atomic E-state index is -0.423. The Bertz CT molecular complexity index is 1160. The molecule has 3 heterocycles. The Labute approximate surface area is 167 Å². The number of aliphatic hydroxyl groups excluding tert-OH is 1. The van der Waals surface area contributed by atoms with Crippen LogP contribution in [0.15, 0.2) is 49.1 Å².